The van der Waals surface area contributed by atoms with Crippen LogP contribution in [0.15, 0.2) is 53.7 Å². The number of fused-ring (bicyclic) bond motifs is 1. The van der Waals surface area contributed by atoms with E-state index in [1.54, 1.807) is 32.3 Å². The molecule has 2 aromatic carbocycles. The zero-order valence-electron chi connectivity index (χ0n) is 22.6. The molecule has 212 valence electrons. The van der Waals surface area contributed by atoms with Crippen molar-refractivity contribution < 1.29 is 28.3 Å². The molecule has 0 bridgehead atoms. The van der Waals surface area contributed by atoms with Crippen LogP contribution in [0.25, 0.3) is 11.0 Å². The lowest BCUT2D eigenvalue weighted by Crippen LogP contribution is -2.26. The molecule has 0 saturated heterocycles. The molecule has 0 aliphatic rings. The number of aliphatic hydroxyl groups excluding tert-OH is 1. The summed E-state index contributed by atoms with van der Waals surface area (Å²) in [6.45, 7) is 0.230. The van der Waals surface area contributed by atoms with Gasteiger partial charge in [-0.05, 0) is 12.1 Å². The van der Waals surface area contributed by atoms with Crippen molar-refractivity contribution in [1.82, 2.24) is 24.6 Å². The van der Waals surface area contributed by atoms with Crippen LogP contribution in [0.5, 0.6) is 17.2 Å². The van der Waals surface area contributed by atoms with Gasteiger partial charge in [-0.1, -0.05) is 12.1 Å². The topological polar surface area (TPSA) is 153 Å². The number of carbonyl (C=O) groups excluding carboxylic acids is 1. The maximum Gasteiger partial charge on any atom is 0.243 e. The van der Waals surface area contributed by atoms with E-state index in [2.05, 4.69) is 20.1 Å². The Hall–Kier alpha value is -4.43. The van der Waals surface area contributed by atoms with E-state index in [-0.39, 0.29) is 37.3 Å². The summed E-state index contributed by atoms with van der Waals surface area (Å²) >= 11 is 0. The number of aliphatic hydroxyl groups is 1. The van der Waals surface area contributed by atoms with Crippen LogP contribution in [0, 0.1) is 0 Å². The molecule has 2 heterocycles. The summed E-state index contributed by atoms with van der Waals surface area (Å²) < 4.78 is 34.5. The van der Waals surface area contributed by atoms with E-state index < -0.39 is 11.0 Å². The van der Waals surface area contributed by atoms with E-state index in [9.17, 15) is 14.1 Å². The third-order valence-electron chi connectivity index (χ3n) is 5.67. The molecule has 0 radical (unpaired) electrons. The Balaban J connectivity index is 1.70. The lowest BCUT2D eigenvalue weighted by molar-refractivity contribution is -0.129. The molecule has 0 aliphatic heterocycles. The third-order valence-corrected chi connectivity index (χ3v) is 6.68. The Morgan fingerprint density at radius 3 is 2.48 bits per heavy atom. The van der Waals surface area contributed by atoms with E-state index in [0.717, 1.165) is 0 Å². The van der Waals surface area contributed by atoms with Crippen molar-refractivity contribution in [1.29, 1.82) is 0 Å². The Morgan fingerprint density at radius 2 is 1.82 bits per heavy atom. The number of nitrogens with zero attached hydrogens (tertiary/aromatic N) is 5. The fraction of sp³-hybridized carbons (Fsp3) is 0.308. The Kier molecular flexibility index (Phi) is 9.35. The maximum atomic E-state index is 13.3. The first-order chi connectivity index (χ1) is 19.3. The number of amides is 1. The summed E-state index contributed by atoms with van der Waals surface area (Å²) in [5.41, 5.74) is 1.65. The molecule has 3 N–H and O–H groups in total. The number of anilines is 3. The molecule has 1 unspecified atom stereocenters. The number of hydrogen-bond donors (Lipinski definition) is 3. The average Bonchev–Trinajstić information content (AvgIpc) is 3.42. The number of benzene rings is 2. The van der Waals surface area contributed by atoms with Crippen molar-refractivity contribution in [2.75, 3.05) is 51.6 Å². The lowest BCUT2D eigenvalue weighted by Gasteiger charge is -2.19. The van der Waals surface area contributed by atoms with Gasteiger partial charge in [0.05, 0.1) is 48.6 Å². The SMILES string of the molecule is COc1cc(Nc2nc3ccccc3nc2NS(=O)c2cnn(CC(=O)N(C)C)c2)c(OCCCO)c(OC)c1. The van der Waals surface area contributed by atoms with Crippen LogP contribution in [0.2, 0.25) is 0 Å². The van der Waals surface area contributed by atoms with E-state index in [1.807, 2.05) is 18.2 Å². The van der Waals surface area contributed by atoms with Gasteiger partial charge in [0.25, 0.3) is 0 Å². The molecular formula is C26H31N7O6S. The van der Waals surface area contributed by atoms with Gasteiger partial charge in [-0.3, -0.25) is 14.2 Å². The molecule has 0 aliphatic carbocycles. The highest BCUT2D eigenvalue weighted by molar-refractivity contribution is 7.86. The average molecular weight is 570 g/mol. The molecule has 0 saturated carbocycles. The van der Waals surface area contributed by atoms with Gasteiger partial charge in [0.1, 0.15) is 12.3 Å². The molecule has 14 heteroatoms. The number of nitrogens with one attached hydrogen (secondary N) is 2. The molecule has 1 atom stereocenters. The van der Waals surface area contributed by atoms with Gasteiger partial charge in [0, 0.05) is 45.5 Å². The van der Waals surface area contributed by atoms with Crippen LogP contribution < -0.4 is 24.2 Å². The summed E-state index contributed by atoms with van der Waals surface area (Å²) in [5, 5.41) is 16.6. The van der Waals surface area contributed by atoms with Gasteiger partial charge in [-0.2, -0.15) is 5.10 Å². The van der Waals surface area contributed by atoms with Crippen molar-refractivity contribution in [3.63, 3.8) is 0 Å². The van der Waals surface area contributed by atoms with Crippen LogP contribution in [-0.2, 0) is 22.3 Å². The van der Waals surface area contributed by atoms with Crippen LogP contribution in [0.4, 0.5) is 17.3 Å². The summed E-state index contributed by atoms with van der Waals surface area (Å²) in [6.07, 6.45) is 3.38. The molecule has 40 heavy (non-hydrogen) atoms. The minimum Gasteiger partial charge on any atom is -0.497 e. The number of hydrogen-bond acceptors (Lipinski definition) is 10. The van der Waals surface area contributed by atoms with E-state index in [4.69, 9.17) is 19.2 Å². The Bertz CT molecular complexity index is 1510. The van der Waals surface area contributed by atoms with Crippen molar-refractivity contribution in [2.45, 2.75) is 17.9 Å². The smallest absolute Gasteiger partial charge is 0.243 e. The molecule has 4 rings (SSSR count). The highest BCUT2D eigenvalue weighted by Crippen LogP contribution is 2.41. The predicted molar refractivity (Wildman–Crippen MR) is 151 cm³/mol. The monoisotopic (exact) mass is 569 g/mol. The molecule has 13 nitrogen and oxygen atoms in total. The summed E-state index contributed by atoms with van der Waals surface area (Å²) in [7, 11) is 4.56. The highest BCUT2D eigenvalue weighted by Gasteiger charge is 2.19. The van der Waals surface area contributed by atoms with Gasteiger partial charge in [0.15, 0.2) is 34.1 Å². The van der Waals surface area contributed by atoms with Gasteiger partial charge < -0.3 is 29.5 Å². The first-order valence-electron chi connectivity index (χ1n) is 12.3. The zero-order valence-corrected chi connectivity index (χ0v) is 23.4. The van der Waals surface area contributed by atoms with Crippen LogP contribution in [0.3, 0.4) is 0 Å². The predicted octanol–water partition coefficient (Wildman–Crippen LogP) is 2.57. The van der Waals surface area contributed by atoms with E-state index in [1.165, 1.54) is 36.2 Å². The van der Waals surface area contributed by atoms with Gasteiger partial charge in [0.2, 0.25) is 5.91 Å². The lowest BCUT2D eigenvalue weighted by atomic mass is 10.2. The first kappa shape index (κ1) is 28.6. The van der Waals surface area contributed by atoms with E-state index in [0.29, 0.717) is 45.3 Å². The summed E-state index contributed by atoms with van der Waals surface area (Å²) in [6, 6.07) is 10.7. The first-order valence-corrected chi connectivity index (χ1v) is 13.4. The maximum absolute atomic E-state index is 13.3. The van der Waals surface area contributed by atoms with Gasteiger partial charge in [-0.25, -0.2) is 14.2 Å². The van der Waals surface area contributed by atoms with Gasteiger partial charge in [-0.15, -0.1) is 0 Å². The Morgan fingerprint density at radius 1 is 1.10 bits per heavy atom. The number of aromatic nitrogens is 4. The molecular weight excluding hydrogens is 538 g/mol. The minimum absolute atomic E-state index is 0.0174. The van der Waals surface area contributed by atoms with Crippen LogP contribution >= 0.6 is 0 Å². The van der Waals surface area contributed by atoms with Crippen LogP contribution in [0.1, 0.15) is 6.42 Å². The van der Waals surface area contributed by atoms with E-state index >= 15 is 0 Å². The van der Waals surface area contributed by atoms with Crippen molar-refractivity contribution in [3.8, 4) is 17.2 Å². The second-order valence-electron chi connectivity index (χ2n) is 8.70. The molecule has 0 spiro atoms. The third kappa shape index (κ3) is 6.76. The highest BCUT2D eigenvalue weighted by atomic mass is 32.2. The fourth-order valence-electron chi connectivity index (χ4n) is 3.57. The number of carbonyl (C=O) groups is 1. The molecule has 1 amide bonds. The number of methoxy groups -OCH3 is 2. The molecule has 2 aromatic heterocycles. The number of ether oxygens (including phenoxy) is 3. The molecule has 4 aromatic rings. The zero-order chi connectivity index (χ0) is 28.6. The van der Waals surface area contributed by atoms with Crippen molar-refractivity contribution in [2.24, 2.45) is 0 Å². The molecule has 0 fully saturated rings. The second-order valence-corrected chi connectivity index (χ2v) is 9.91. The van der Waals surface area contributed by atoms with Gasteiger partial charge >= 0.3 is 0 Å². The normalized spacial score (nSPS) is 11.6. The Labute approximate surface area is 233 Å². The van der Waals surface area contributed by atoms with Crippen LogP contribution in [-0.4, -0.2) is 81.4 Å². The second kappa shape index (κ2) is 13.1. The quantitative estimate of drug-likeness (QED) is 0.205. The van der Waals surface area contributed by atoms with Crippen molar-refractivity contribution in [3.05, 3.63) is 48.8 Å². The van der Waals surface area contributed by atoms with Crippen molar-refractivity contribution >= 4 is 45.2 Å². The largest absolute Gasteiger partial charge is 0.497 e. The number of rotatable bonds is 13. The standard InChI is InChI=1S/C26H31N7O6S/c1-32(2)23(35)16-33-15-18(14-27-33)40(36)31-26-25(28-19-8-5-6-9-20(19)29-26)30-21-12-17(37-3)13-22(38-4)24(21)39-11-7-10-34/h5-6,8-9,12-15,34H,7,10-11,16H2,1-4H3,(H,28,30)(H,29,31). The number of para-hydroxylation sites is 2. The minimum atomic E-state index is -1.78. The number of likely N-dealkylation sites (N-methyl/N-ethyl adjacent to an activating group) is 1. The fourth-order valence-corrected chi connectivity index (χ4v) is 4.36. The summed E-state index contributed by atoms with van der Waals surface area (Å²) in [5.74, 6) is 1.62. The summed E-state index contributed by atoms with van der Waals surface area (Å²) in [4.78, 5) is 23.2.